The molecule has 2 heterocycles. The number of methoxy groups -OCH3 is 1. The Morgan fingerprint density at radius 3 is 2.74 bits per heavy atom. The van der Waals surface area contributed by atoms with Crippen molar-refractivity contribution in [2.24, 2.45) is 0 Å². The number of thiophene rings is 1. The molecule has 156 valence electrons. The van der Waals surface area contributed by atoms with Crippen LogP contribution in [0.1, 0.15) is 22.8 Å². The summed E-state index contributed by atoms with van der Waals surface area (Å²) in [6.45, 7) is 2.02. The van der Waals surface area contributed by atoms with Gasteiger partial charge in [0, 0.05) is 46.4 Å². The van der Waals surface area contributed by atoms with E-state index in [-0.39, 0.29) is 13.4 Å². The van der Waals surface area contributed by atoms with Crippen LogP contribution in [-0.4, -0.2) is 31.0 Å². The molecule has 0 saturated heterocycles. The van der Waals surface area contributed by atoms with Crippen LogP contribution in [0.15, 0.2) is 60.9 Å². The molecule has 2 aromatic carbocycles. The average molecular weight is 433 g/mol. The monoisotopic (exact) mass is 432 g/mol. The van der Waals surface area contributed by atoms with Gasteiger partial charge in [-0.1, -0.05) is 18.2 Å². The lowest BCUT2D eigenvalue weighted by atomic mass is 10.1. The molecule has 4 aromatic rings. The lowest BCUT2D eigenvalue weighted by Crippen LogP contribution is -2.10. The molecule has 0 bridgehead atoms. The van der Waals surface area contributed by atoms with Crippen LogP contribution in [0.3, 0.4) is 0 Å². The van der Waals surface area contributed by atoms with Crippen molar-refractivity contribution in [1.29, 1.82) is 5.26 Å². The largest absolute Gasteiger partial charge is 0.467 e. The van der Waals surface area contributed by atoms with Gasteiger partial charge in [-0.15, -0.1) is 11.3 Å². The van der Waals surface area contributed by atoms with Gasteiger partial charge < -0.3 is 18.8 Å². The standard InChI is InChI=1S/C24H20N2O4S/c1-3-29-24(27)19-9-8-18(11-21(19)30-15-28-2)26-13-17(12-25)20(14-26)23-10-16-6-4-5-7-22(16)31-23/h4-11,13-14H,3,15H2,1-2H3. The average Bonchev–Trinajstić information content (AvgIpc) is 3.41. The number of rotatable bonds is 7. The Hall–Kier alpha value is -3.60. The Morgan fingerprint density at radius 2 is 2.00 bits per heavy atom. The number of carbonyl (C=O) groups is 1. The molecule has 0 saturated carbocycles. The van der Waals surface area contributed by atoms with Crippen molar-refractivity contribution < 1.29 is 19.0 Å². The second-order valence-electron chi connectivity index (χ2n) is 6.70. The minimum absolute atomic E-state index is 0.00197. The van der Waals surface area contributed by atoms with Crippen molar-refractivity contribution in [1.82, 2.24) is 4.57 Å². The Morgan fingerprint density at radius 1 is 1.16 bits per heavy atom. The molecule has 6 nitrogen and oxygen atoms in total. The first-order chi connectivity index (χ1) is 15.1. The molecule has 0 aliphatic heterocycles. The van der Waals surface area contributed by atoms with Crippen molar-refractivity contribution in [3.05, 3.63) is 72.1 Å². The minimum atomic E-state index is -0.462. The van der Waals surface area contributed by atoms with Gasteiger partial charge in [0.15, 0.2) is 6.79 Å². The van der Waals surface area contributed by atoms with Crippen LogP contribution < -0.4 is 4.74 Å². The Kier molecular flexibility index (Phi) is 6.03. The third kappa shape index (κ3) is 4.17. The van der Waals surface area contributed by atoms with Crippen LogP contribution in [0.25, 0.3) is 26.2 Å². The zero-order valence-corrected chi connectivity index (χ0v) is 17.9. The van der Waals surface area contributed by atoms with Gasteiger partial charge in [-0.25, -0.2) is 4.79 Å². The third-order valence-corrected chi connectivity index (χ3v) is 5.88. The summed E-state index contributed by atoms with van der Waals surface area (Å²) >= 11 is 1.65. The lowest BCUT2D eigenvalue weighted by molar-refractivity contribution is 0.0438. The molecule has 2 aromatic heterocycles. The van der Waals surface area contributed by atoms with Crippen LogP contribution in [0.5, 0.6) is 5.75 Å². The highest BCUT2D eigenvalue weighted by atomic mass is 32.1. The first-order valence-electron chi connectivity index (χ1n) is 9.69. The van der Waals surface area contributed by atoms with Gasteiger partial charge in [0.05, 0.1) is 12.2 Å². The molecule has 0 radical (unpaired) electrons. The quantitative estimate of drug-likeness (QED) is 0.289. The Bertz CT molecular complexity index is 1250. The van der Waals surface area contributed by atoms with Crippen molar-refractivity contribution in [3.8, 4) is 27.9 Å². The second-order valence-corrected chi connectivity index (χ2v) is 7.79. The fraction of sp³-hybridized carbons (Fsp3) is 0.167. The summed E-state index contributed by atoms with van der Waals surface area (Å²) in [5.74, 6) is -0.107. The van der Waals surface area contributed by atoms with Gasteiger partial charge in [0.1, 0.15) is 17.4 Å². The van der Waals surface area contributed by atoms with E-state index in [0.29, 0.717) is 16.9 Å². The minimum Gasteiger partial charge on any atom is -0.467 e. The van der Waals surface area contributed by atoms with E-state index in [1.165, 1.54) is 11.8 Å². The van der Waals surface area contributed by atoms with Crippen LogP contribution in [0.4, 0.5) is 0 Å². The highest BCUT2D eigenvalue weighted by Crippen LogP contribution is 2.36. The number of ether oxygens (including phenoxy) is 3. The number of nitrogens with zero attached hydrogens (tertiary/aromatic N) is 2. The third-order valence-electron chi connectivity index (χ3n) is 4.73. The highest BCUT2D eigenvalue weighted by Gasteiger charge is 2.17. The molecule has 0 spiro atoms. The molecule has 0 amide bonds. The summed E-state index contributed by atoms with van der Waals surface area (Å²) < 4.78 is 18.7. The maximum Gasteiger partial charge on any atom is 0.341 e. The van der Waals surface area contributed by atoms with E-state index >= 15 is 0 Å². The van der Waals surface area contributed by atoms with Crippen molar-refractivity contribution in [2.45, 2.75) is 6.92 Å². The van der Waals surface area contributed by atoms with Crippen molar-refractivity contribution >= 4 is 27.4 Å². The number of esters is 1. The van der Waals surface area contributed by atoms with E-state index in [1.54, 1.807) is 42.7 Å². The van der Waals surface area contributed by atoms with E-state index in [4.69, 9.17) is 14.2 Å². The number of carbonyl (C=O) groups excluding carboxylic acids is 1. The topological polar surface area (TPSA) is 73.5 Å². The van der Waals surface area contributed by atoms with E-state index in [2.05, 4.69) is 24.3 Å². The molecule has 0 N–H and O–H groups in total. The first-order valence-corrected chi connectivity index (χ1v) is 10.5. The highest BCUT2D eigenvalue weighted by molar-refractivity contribution is 7.22. The smallest absolute Gasteiger partial charge is 0.341 e. The molecule has 0 atom stereocenters. The molecule has 0 fully saturated rings. The van der Waals surface area contributed by atoms with Crippen LogP contribution >= 0.6 is 11.3 Å². The predicted molar refractivity (Wildman–Crippen MR) is 120 cm³/mol. The van der Waals surface area contributed by atoms with E-state index in [9.17, 15) is 10.1 Å². The molecule has 0 unspecified atom stereocenters. The predicted octanol–water partition coefficient (Wildman–Crippen LogP) is 5.39. The van der Waals surface area contributed by atoms with Crippen LogP contribution in [0.2, 0.25) is 0 Å². The van der Waals surface area contributed by atoms with Crippen molar-refractivity contribution in [3.63, 3.8) is 0 Å². The molecule has 7 heteroatoms. The summed E-state index contributed by atoms with van der Waals surface area (Å²) in [6, 6.07) is 17.7. The molecule has 31 heavy (non-hydrogen) atoms. The maximum atomic E-state index is 12.3. The number of nitriles is 1. The van der Waals surface area contributed by atoms with Gasteiger partial charge >= 0.3 is 5.97 Å². The van der Waals surface area contributed by atoms with E-state index in [0.717, 1.165) is 21.5 Å². The van der Waals surface area contributed by atoms with Crippen LogP contribution in [0, 0.1) is 11.3 Å². The van der Waals surface area contributed by atoms with Crippen molar-refractivity contribution in [2.75, 3.05) is 20.5 Å². The molecular formula is C24H20N2O4S. The van der Waals surface area contributed by atoms with Crippen LogP contribution in [-0.2, 0) is 9.47 Å². The zero-order chi connectivity index (χ0) is 21.8. The SMILES string of the molecule is CCOC(=O)c1ccc(-n2cc(C#N)c(-c3cc4ccccc4s3)c2)cc1OCOC. The van der Waals surface area contributed by atoms with E-state index < -0.39 is 5.97 Å². The number of hydrogen-bond donors (Lipinski definition) is 0. The molecule has 0 aliphatic carbocycles. The normalized spacial score (nSPS) is 10.7. The zero-order valence-electron chi connectivity index (χ0n) is 17.1. The number of hydrogen-bond acceptors (Lipinski definition) is 6. The summed E-state index contributed by atoms with van der Waals surface area (Å²) in [6.07, 6.45) is 3.70. The first kappa shape index (κ1) is 20.7. The summed E-state index contributed by atoms with van der Waals surface area (Å²) in [5.41, 5.74) is 2.50. The fourth-order valence-electron chi connectivity index (χ4n) is 3.29. The Labute approximate surface area is 183 Å². The molecular weight excluding hydrogens is 412 g/mol. The van der Waals surface area contributed by atoms with Gasteiger partial charge in [-0.05, 0) is 36.6 Å². The Balaban J connectivity index is 1.75. The van der Waals surface area contributed by atoms with Gasteiger partial charge in [0.25, 0.3) is 0 Å². The summed E-state index contributed by atoms with van der Waals surface area (Å²) in [4.78, 5) is 13.3. The summed E-state index contributed by atoms with van der Waals surface area (Å²) in [5, 5.41) is 10.8. The lowest BCUT2D eigenvalue weighted by Gasteiger charge is -2.12. The number of fused-ring (bicyclic) bond motifs is 1. The van der Waals surface area contributed by atoms with Gasteiger partial charge in [-0.2, -0.15) is 5.26 Å². The number of aromatic nitrogens is 1. The summed E-state index contributed by atoms with van der Waals surface area (Å²) in [7, 11) is 1.51. The molecule has 0 aliphatic rings. The molecule has 4 rings (SSSR count). The van der Waals surface area contributed by atoms with Gasteiger partial charge in [0.2, 0.25) is 0 Å². The van der Waals surface area contributed by atoms with E-state index in [1.807, 2.05) is 22.9 Å². The fourth-order valence-corrected chi connectivity index (χ4v) is 4.38. The number of benzene rings is 2. The second kappa shape index (κ2) is 9.04. The van der Waals surface area contributed by atoms with Gasteiger partial charge in [-0.3, -0.25) is 0 Å². The maximum absolute atomic E-state index is 12.3.